The maximum Gasteiger partial charge on any atom is 0.267 e. The molecule has 0 spiro atoms. The van der Waals surface area contributed by atoms with Gasteiger partial charge < -0.3 is 20.3 Å². The Morgan fingerprint density at radius 1 is 0.409 bits per heavy atom. The van der Waals surface area contributed by atoms with Crippen molar-refractivity contribution in [2.75, 3.05) is 46.5 Å². The van der Waals surface area contributed by atoms with Gasteiger partial charge in [0.25, 0.3) is 7.51 Å². The first-order chi connectivity index (χ1) is 21.2. The molecule has 12 heteroatoms. The largest absolute Gasteiger partial charge is 0.323 e. The minimum atomic E-state index is -2.88. The highest BCUT2D eigenvalue weighted by atomic mass is 31.3. The lowest BCUT2D eigenvalue weighted by Crippen LogP contribution is -2.15. The molecule has 2 saturated heterocycles. The van der Waals surface area contributed by atoms with E-state index in [2.05, 4.69) is 154 Å². The fourth-order valence-corrected chi connectivity index (χ4v) is 17.6. The molecule has 2 atom stereocenters. The second kappa shape index (κ2) is 11.6. The predicted molar refractivity (Wildman–Crippen MR) is 190 cm³/mol. The summed E-state index contributed by atoms with van der Waals surface area (Å²) in [5, 5.41) is 15.6. The minimum Gasteiger partial charge on any atom is -0.323 e. The lowest BCUT2D eigenvalue weighted by atomic mass is 10.2. The summed E-state index contributed by atoms with van der Waals surface area (Å²) in [5.74, 6) is 0. The summed E-state index contributed by atoms with van der Waals surface area (Å²) >= 11 is 0. The van der Waals surface area contributed by atoms with E-state index >= 15 is 0 Å². The van der Waals surface area contributed by atoms with Crippen molar-refractivity contribution in [1.82, 2.24) is 9.34 Å². The van der Waals surface area contributed by atoms with Gasteiger partial charge in [0.1, 0.15) is 0 Å². The van der Waals surface area contributed by atoms with E-state index in [0.29, 0.717) is 0 Å². The van der Waals surface area contributed by atoms with Gasteiger partial charge in [-0.3, -0.25) is 0 Å². The van der Waals surface area contributed by atoms with Gasteiger partial charge in [-0.15, -0.1) is 0 Å². The van der Waals surface area contributed by atoms with E-state index in [-0.39, 0.29) is 0 Å². The zero-order valence-electron chi connectivity index (χ0n) is 25.6. The fraction of sp³-hybridized carbons (Fsp3) is 0.250. The maximum atomic E-state index is 5.78. The number of hydrogen-bond donors (Lipinski definition) is 4. The van der Waals surface area contributed by atoms with E-state index in [1.165, 1.54) is 22.3 Å². The normalized spacial score (nSPS) is 23.8. The monoisotopic (exact) mass is 643 g/mol. The van der Waals surface area contributed by atoms with Crippen LogP contribution in [-0.4, -0.2) is 35.5 Å². The van der Waals surface area contributed by atoms with Gasteiger partial charge >= 0.3 is 0 Å². The van der Waals surface area contributed by atoms with Crippen LogP contribution in [0, 0.1) is 27.7 Å². The zero-order valence-corrected chi connectivity index (χ0v) is 28.3. The summed E-state index contributed by atoms with van der Waals surface area (Å²) in [6.07, 6.45) is 0. The van der Waals surface area contributed by atoms with Gasteiger partial charge in [-0.25, -0.2) is 9.34 Å². The number of benzene rings is 4. The fourth-order valence-electron chi connectivity index (χ4n) is 5.03. The molecule has 0 radical (unpaired) electrons. The SMILES string of the molecule is Cc1ccc(NP2(Nc3ccc(C)cc3)=N[P@](Nc3ccc(C)cc3)(N3CC3)=N[P@@](Nc3ccc(C)cc3)(N3CC3)=N2)cc1. The van der Waals surface area contributed by atoms with Crippen LogP contribution in [0.15, 0.2) is 111 Å². The first-order valence-corrected chi connectivity index (χ1v) is 20.0. The summed E-state index contributed by atoms with van der Waals surface area (Å²) in [6.45, 7) is 12.2. The van der Waals surface area contributed by atoms with Crippen molar-refractivity contribution in [2.24, 2.45) is 13.5 Å². The Kier molecular flexibility index (Phi) is 7.73. The van der Waals surface area contributed by atoms with Crippen molar-refractivity contribution >= 4 is 45.3 Å². The van der Waals surface area contributed by atoms with E-state index in [9.17, 15) is 0 Å². The second-order valence-electron chi connectivity index (χ2n) is 11.8. The Bertz CT molecular complexity index is 1710. The van der Waals surface area contributed by atoms with E-state index in [1.54, 1.807) is 0 Å². The molecule has 228 valence electrons. The molecule has 0 bridgehead atoms. The quantitative estimate of drug-likeness (QED) is 0.102. The van der Waals surface area contributed by atoms with Crippen LogP contribution in [0.25, 0.3) is 0 Å². The summed E-state index contributed by atoms with van der Waals surface area (Å²) in [4.78, 5) is 0. The number of nitrogens with zero attached hydrogens (tertiary/aromatic N) is 5. The van der Waals surface area contributed by atoms with Gasteiger partial charge in [0.15, 0.2) is 0 Å². The molecule has 7 rings (SSSR count). The van der Waals surface area contributed by atoms with E-state index in [4.69, 9.17) is 13.5 Å². The second-order valence-corrected chi connectivity index (χ2v) is 19.5. The minimum absolute atomic E-state index is 0.944. The van der Waals surface area contributed by atoms with Crippen molar-refractivity contribution < 1.29 is 0 Å². The van der Waals surface area contributed by atoms with E-state index in [0.717, 1.165) is 48.9 Å². The number of hydrogen-bond acceptors (Lipinski definition) is 9. The van der Waals surface area contributed by atoms with Crippen LogP contribution in [0.2, 0.25) is 0 Å². The average molecular weight is 644 g/mol. The lowest BCUT2D eigenvalue weighted by molar-refractivity contribution is 0.887. The standard InChI is InChI=1S/C32H40N9P3/c1-25-5-13-29(14-6-25)33-42(34-30-15-7-26(2)8-16-30)37-43(40-21-22-40,35-31-17-9-27(3)10-18-31)39-44(38-42,41-23-24-41)36-32-19-11-28(4)12-20-32/h5-20,33-36H,21-24H2,1-4H3/t43-,44-/m0/s1. The highest BCUT2D eigenvalue weighted by molar-refractivity contribution is 7.87. The van der Waals surface area contributed by atoms with Crippen molar-refractivity contribution in [3.05, 3.63) is 119 Å². The molecule has 3 heterocycles. The van der Waals surface area contributed by atoms with Crippen molar-refractivity contribution in [3.8, 4) is 0 Å². The Morgan fingerprint density at radius 3 is 1.02 bits per heavy atom. The van der Waals surface area contributed by atoms with Crippen LogP contribution >= 0.6 is 22.5 Å². The molecule has 44 heavy (non-hydrogen) atoms. The summed E-state index contributed by atoms with van der Waals surface area (Å²) in [5.41, 5.74) is 8.87. The molecule has 4 aromatic carbocycles. The summed E-state index contributed by atoms with van der Waals surface area (Å²) < 4.78 is 22.1. The molecule has 0 aromatic heterocycles. The number of nitrogens with one attached hydrogen (secondary N) is 4. The molecule has 0 unspecified atom stereocenters. The number of rotatable bonds is 10. The highest BCUT2D eigenvalue weighted by Gasteiger charge is 2.49. The van der Waals surface area contributed by atoms with Gasteiger partial charge in [-0.1, -0.05) is 70.8 Å². The third kappa shape index (κ3) is 6.40. The highest BCUT2D eigenvalue weighted by Crippen LogP contribution is 2.80. The molecule has 9 nitrogen and oxygen atoms in total. The van der Waals surface area contributed by atoms with E-state index < -0.39 is 22.5 Å². The number of anilines is 4. The molecule has 4 N–H and O–H groups in total. The molecular weight excluding hydrogens is 603 g/mol. The van der Waals surface area contributed by atoms with Crippen LogP contribution in [0.1, 0.15) is 22.3 Å². The van der Waals surface area contributed by atoms with Gasteiger partial charge in [0.05, 0.1) is 0 Å². The predicted octanol–water partition coefficient (Wildman–Crippen LogP) is 10.2. The molecule has 2 fully saturated rings. The van der Waals surface area contributed by atoms with Crippen LogP contribution in [0.4, 0.5) is 22.7 Å². The lowest BCUT2D eigenvalue weighted by Gasteiger charge is -2.38. The zero-order chi connectivity index (χ0) is 30.4. The summed E-state index contributed by atoms with van der Waals surface area (Å²) in [6, 6.07) is 34.2. The molecule has 4 aromatic rings. The van der Waals surface area contributed by atoms with Gasteiger partial charge in [0, 0.05) is 48.9 Å². The van der Waals surface area contributed by atoms with Gasteiger partial charge in [-0.2, -0.15) is 13.5 Å². The Labute approximate surface area is 261 Å². The maximum absolute atomic E-state index is 5.78. The first kappa shape index (κ1) is 29.4. The van der Waals surface area contributed by atoms with Gasteiger partial charge in [-0.05, 0) is 76.2 Å². The first-order valence-electron chi connectivity index (χ1n) is 15.0. The molecule has 0 aliphatic carbocycles. The van der Waals surface area contributed by atoms with Crippen LogP contribution < -0.4 is 20.3 Å². The third-order valence-electron chi connectivity index (χ3n) is 7.73. The van der Waals surface area contributed by atoms with Crippen molar-refractivity contribution in [1.29, 1.82) is 0 Å². The van der Waals surface area contributed by atoms with Crippen molar-refractivity contribution in [2.45, 2.75) is 27.7 Å². The van der Waals surface area contributed by atoms with Gasteiger partial charge in [0.2, 0.25) is 15.0 Å². The molecule has 3 aliphatic heterocycles. The van der Waals surface area contributed by atoms with Crippen LogP contribution in [-0.2, 0) is 0 Å². The molecular formula is C32H40N9P3. The molecule has 0 saturated carbocycles. The smallest absolute Gasteiger partial charge is 0.267 e. The van der Waals surface area contributed by atoms with Crippen molar-refractivity contribution in [3.63, 3.8) is 0 Å². The van der Waals surface area contributed by atoms with E-state index in [1.807, 2.05) is 0 Å². The third-order valence-corrected chi connectivity index (χ3v) is 18.4. The Morgan fingerprint density at radius 2 is 0.705 bits per heavy atom. The Balaban J connectivity index is 1.48. The average Bonchev–Trinajstić information content (AvgIpc) is 3.91. The topological polar surface area (TPSA) is 91.2 Å². The van der Waals surface area contributed by atoms with Crippen LogP contribution in [0.3, 0.4) is 0 Å². The summed E-state index contributed by atoms with van der Waals surface area (Å²) in [7, 11) is -8.23. The number of aryl methyl sites for hydroxylation is 4. The Hall–Kier alpha value is -3.31. The van der Waals surface area contributed by atoms with Crippen LogP contribution in [0.5, 0.6) is 0 Å². The molecule has 0 amide bonds. The molecule has 3 aliphatic rings.